The fraction of sp³-hybridized carbons (Fsp3) is 0.500. The number of hydrogen-bond acceptors (Lipinski definition) is 5. The van der Waals surface area contributed by atoms with E-state index < -0.39 is 17.6 Å². The van der Waals surface area contributed by atoms with Gasteiger partial charge < -0.3 is 10.1 Å². The van der Waals surface area contributed by atoms with Crippen molar-refractivity contribution in [3.05, 3.63) is 24.0 Å². The number of hydrogen-bond donors (Lipinski definition) is 1. The molecule has 1 rings (SSSR count). The van der Waals surface area contributed by atoms with Crippen molar-refractivity contribution in [1.29, 1.82) is 0 Å². The zero-order valence-electron chi connectivity index (χ0n) is 10.9. The van der Waals surface area contributed by atoms with Gasteiger partial charge in [-0.2, -0.15) is 10.2 Å². The van der Waals surface area contributed by atoms with Gasteiger partial charge in [-0.3, -0.25) is 4.79 Å². The van der Waals surface area contributed by atoms with Crippen LogP contribution < -0.4 is 5.32 Å². The SMILES string of the molecule is CC(NC(=O)c1ccnnc1)C(=O)OC(C)(C)C. The second-order valence-corrected chi connectivity index (χ2v) is 4.86. The van der Waals surface area contributed by atoms with E-state index in [4.69, 9.17) is 4.74 Å². The Labute approximate surface area is 106 Å². The minimum atomic E-state index is -0.718. The lowest BCUT2D eigenvalue weighted by molar-refractivity contribution is -0.156. The fourth-order valence-corrected chi connectivity index (χ4v) is 1.15. The summed E-state index contributed by atoms with van der Waals surface area (Å²) in [5.41, 5.74) is -0.228. The lowest BCUT2D eigenvalue weighted by Gasteiger charge is -2.22. The zero-order valence-corrected chi connectivity index (χ0v) is 10.9. The standard InChI is InChI=1S/C12H17N3O3/c1-8(11(17)18-12(2,3)4)15-10(16)9-5-6-13-14-7-9/h5-8H,1-4H3,(H,15,16). The average molecular weight is 251 g/mol. The molecule has 98 valence electrons. The third kappa shape index (κ3) is 4.48. The van der Waals surface area contributed by atoms with Crippen LogP contribution in [0.4, 0.5) is 0 Å². The highest BCUT2D eigenvalue weighted by molar-refractivity contribution is 5.96. The Morgan fingerprint density at radius 1 is 1.33 bits per heavy atom. The van der Waals surface area contributed by atoms with E-state index >= 15 is 0 Å². The van der Waals surface area contributed by atoms with Gasteiger partial charge in [0.2, 0.25) is 0 Å². The number of ether oxygens (including phenoxy) is 1. The number of nitrogens with zero attached hydrogens (tertiary/aromatic N) is 2. The van der Waals surface area contributed by atoms with Crippen LogP contribution in [0.15, 0.2) is 18.5 Å². The lowest BCUT2D eigenvalue weighted by Crippen LogP contribution is -2.42. The molecule has 18 heavy (non-hydrogen) atoms. The van der Waals surface area contributed by atoms with Crippen molar-refractivity contribution in [2.75, 3.05) is 0 Å². The van der Waals surface area contributed by atoms with Crippen molar-refractivity contribution in [2.24, 2.45) is 0 Å². The Morgan fingerprint density at radius 2 is 2.00 bits per heavy atom. The molecule has 1 N–H and O–H groups in total. The molecule has 1 heterocycles. The van der Waals surface area contributed by atoms with E-state index in [-0.39, 0.29) is 5.91 Å². The summed E-state index contributed by atoms with van der Waals surface area (Å²) < 4.78 is 5.15. The molecule has 0 saturated heterocycles. The van der Waals surface area contributed by atoms with E-state index in [1.807, 2.05) is 0 Å². The molecule has 0 fully saturated rings. The minimum Gasteiger partial charge on any atom is -0.458 e. The van der Waals surface area contributed by atoms with Crippen molar-refractivity contribution >= 4 is 11.9 Å². The van der Waals surface area contributed by atoms with E-state index in [2.05, 4.69) is 15.5 Å². The predicted octanol–water partition coefficient (Wildman–Crippen LogP) is 0.937. The van der Waals surface area contributed by atoms with Gasteiger partial charge >= 0.3 is 5.97 Å². The summed E-state index contributed by atoms with van der Waals surface area (Å²) in [4.78, 5) is 23.4. The fourth-order valence-electron chi connectivity index (χ4n) is 1.15. The summed E-state index contributed by atoms with van der Waals surface area (Å²) in [6.07, 6.45) is 2.74. The van der Waals surface area contributed by atoms with Crippen molar-refractivity contribution < 1.29 is 14.3 Å². The lowest BCUT2D eigenvalue weighted by atomic mass is 10.2. The molecule has 0 aliphatic heterocycles. The van der Waals surface area contributed by atoms with Crippen LogP contribution in [-0.2, 0) is 9.53 Å². The van der Waals surface area contributed by atoms with Crippen LogP contribution in [0.25, 0.3) is 0 Å². The molecular weight excluding hydrogens is 234 g/mol. The van der Waals surface area contributed by atoms with Gasteiger partial charge in [-0.1, -0.05) is 0 Å². The average Bonchev–Trinajstić information content (AvgIpc) is 2.27. The van der Waals surface area contributed by atoms with Gasteiger partial charge in [0.05, 0.1) is 18.0 Å². The maximum Gasteiger partial charge on any atom is 0.328 e. The van der Waals surface area contributed by atoms with Crippen LogP contribution in [0.2, 0.25) is 0 Å². The number of amides is 1. The molecule has 1 unspecified atom stereocenters. The Bertz CT molecular complexity index is 426. The molecule has 0 spiro atoms. The van der Waals surface area contributed by atoms with E-state index in [0.29, 0.717) is 5.56 Å². The molecule has 0 aromatic carbocycles. The summed E-state index contributed by atoms with van der Waals surface area (Å²) in [6.45, 7) is 6.88. The van der Waals surface area contributed by atoms with Gasteiger partial charge in [0.1, 0.15) is 11.6 Å². The van der Waals surface area contributed by atoms with Gasteiger partial charge in [-0.25, -0.2) is 4.79 Å². The van der Waals surface area contributed by atoms with Crippen LogP contribution in [0, 0.1) is 0 Å². The van der Waals surface area contributed by atoms with E-state index in [9.17, 15) is 9.59 Å². The third-order valence-corrected chi connectivity index (χ3v) is 1.95. The van der Waals surface area contributed by atoms with E-state index in [1.54, 1.807) is 27.7 Å². The molecule has 0 aliphatic carbocycles. The maximum atomic E-state index is 11.7. The molecule has 0 saturated carbocycles. The molecule has 0 bridgehead atoms. The van der Waals surface area contributed by atoms with Crippen molar-refractivity contribution in [2.45, 2.75) is 39.3 Å². The summed E-state index contributed by atoms with van der Waals surface area (Å²) in [5, 5.41) is 9.70. The number of aromatic nitrogens is 2. The van der Waals surface area contributed by atoms with Gasteiger partial charge in [0, 0.05) is 0 Å². The molecule has 1 aromatic rings. The molecule has 0 radical (unpaired) electrons. The Kier molecular flexibility index (Phi) is 4.36. The van der Waals surface area contributed by atoms with Gasteiger partial charge in [0.25, 0.3) is 5.91 Å². The highest BCUT2D eigenvalue weighted by Gasteiger charge is 2.23. The first-order chi connectivity index (χ1) is 8.29. The van der Waals surface area contributed by atoms with Gasteiger partial charge in [0.15, 0.2) is 0 Å². The first-order valence-electron chi connectivity index (χ1n) is 5.60. The highest BCUT2D eigenvalue weighted by atomic mass is 16.6. The maximum absolute atomic E-state index is 11.7. The topological polar surface area (TPSA) is 81.2 Å². The predicted molar refractivity (Wildman–Crippen MR) is 64.8 cm³/mol. The van der Waals surface area contributed by atoms with Crippen molar-refractivity contribution in [3.63, 3.8) is 0 Å². The van der Waals surface area contributed by atoms with Crippen LogP contribution in [-0.4, -0.2) is 33.7 Å². The second kappa shape index (κ2) is 5.57. The number of carbonyl (C=O) groups is 2. The summed E-state index contributed by atoms with van der Waals surface area (Å²) in [5.74, 6) is -0.860. The normalized spacial score (nSPS) is 12.7. The molecule has 1 amide bonds. The van der Waals surface area contributed by atoms with Crippen LogP contribution in [0.5, 0.6) is 0 Å². The van der Waals surface area contributed by atoms with Gasteiger partial charge in [-0.15, -0.1) is 0 Å². The Hall–Kier alpha value is -1.98. The van der Waals surface area contributed by atoms with Gasteiger partial charge in [-0.05, 0) is 33.8 Å². The smallest absolute Gasteiger partial charge is 0.328 e. The Morgan fingerprint density at radius 3 is 2.50 bits per heavy atom. The summed E-state index contributed by atoms with van der Waals surface area (Å²) in [6, 6.07) is 0.800. The molecule has 6 nitrogen and oxygen atoms in total. The molecule has 1 atom stereocenters. The van der Waals surface area contributed by atoms with E-state index in [0.717, 1.165) is 0 Å². The molecule has 1 aromatic heterocycles. The highest BCUT2D eigenvalue weighted by Crippen LogP contribution is 2.08. The second-order valence-electron chi connectivity index (χ2n) is 4.86. The number of nitrogens with one attached hydrogen (secondary N) is 1. The number of carbonyl (C=O) groups excluding carboxylic acids is 2. The summed E-state index contributed by atoms with van der Waals surface area (Å²) in [7, 11) is 0. The first-order valence-corrected chi connectivity index (χ1v) is 5.60. The third-order valence-electron chi connectivity index (χ3n) is 1.95. The first kappa shape index (κ1) is 14.1. The quantitative estimate of drug-likeness (QED) is 0.808. The van der Waals surface area contributed by atoms with Crippen LogP contribution in [0.3, 0.4) is 0 Å². The zero-order chi connectivity index (χ0) is 13.8. The van der Waals surface area contributed by atoms with Crippen LogP contribution >= 0.6 is 0 Å². The molecule has 0 aliphatic rings. The number of esters is 1. The van der Waals surface area contributed by atoms with Crippen LogP contribution in [0.1, 0.15) is 38.1 Å². The molecular formula is C12H17N3O3. The largest absolute Gasteiger partial charge is 0.458 e. The Balaban J connectivity index is 2.58. The minimum absolute atomic E-state index is 0.348. The monoisotopic (exact) mass is 251 g/mol. The summed E-state index contributed by atoms with van der Waals surface area (Å²) >= 11 is 0. The van der Waals surface area contributed by atoms with E-state index in [1.165, 1.54) is 18.5 Å². The van der Waals surface area contributed by atoms with Crippen molar-refractivity contribution in [1.82, 2.24) is 15.5 Å². The number of rotatable bonds is 3. The van der Waals surface area contributed by atoms with Crippen molar-refractivity contribution in [3.8, 4) is 0 Å². The molecule has 6 heteroatoms.